The molecule has 0 fully saturated rings. The summed E-state index contributed by atoms with van der Waals surface area (Å²) in [6, 6.07) is 12.4. The van der Waals surface area contributed by atoms with E-state index in [1.54, 1.807) is 19.4 Å². The highest BCUT2D eigenvalue weighted by Gasteiger charge is 2.19. The third-order valence-corrected chi connectivity index (χ3v) is 6.50. The van der Waals surface area contributed by atoms with E-state index in [1.165, 1.54) is 0 Å². The SMILES string of the molecule is CCN(CC)CCCC(C)NC(=O)/C=C(\C)c1cc2c(-c3ccccc3)coc2c(C)c1OC. The first-order chi connectivity index (χ1) is 16.4. The third kappa shape index (κ3) is 5.89. The second-order valence-corrected chi connectivity index (χ2v) is 8.88. The molecule has 1 aromatic heterocycles. The summed E-state index contributed by atoms with van der Waals surface area (Å²) in [5, 5.41) is 4.13. The molecule has 1 atom stereocenters. The molecule has 3 rings (SSSR count). The first-order valence-electron chi connectivity index (χ1n) is 12.2. The molecule has 1 N–H and O–H groups in total. The van der Waals surface area contributed by atoms with E-state index >= 15 is 0 Å². The minimum absolute atomic E-state index is 0.0804. The Kier molecular flexibility index (Phi) is 8.94. The number of aryl methyl sites for hydroxylation is 1. The van der Waals surface area contributed by atoms with Crippen LogP contribution in [0.3, 0.4) is 0 Å². The molecule has 0 saturated heterocycles. The van der Waals surface area contributed by atoms with Gasteiger partial charge < -0.3 is 19.4 Å². The van der Waals surface area contributed by atoms with Crippen LogP contribution in [0.2, 0.25) is 0 Å². The number of amides is 1. The fourth-order valence-electron chi connectivity index (χ4n) is 4.51. The zero-order valence-electron chi connectivity index (χ0n) is 21.4. The van der Waals surface area contributed by atoms with Crippen molar-refractivity contribution in [2.24, 2.45) is 0 Å². The number of nitrogens with zero attached hydrogens (tertiary/aromatic N) is 1. The number of allylic oxidation sites excluding steroid dienone is 1. The van der Waals surface area contributed by atoms with Gasteiger partial charge in [-0.2, -0.15) is 0 Å². The summed E-state index contributed by atoms with van der Waals surface area (Å²) in [7, 11) is 1.66. The van der Waals surface area contributed by atoms with Crippen molar-refractivity contribution in [2.75, 3.05) is 26.7 Å². The molecule has 0 radical (unpaired) electrons. The van der Waals surface area contributed by atoms with E-state index < -0.39 is 0 Å². The monoisotopic (exact) mass is 462 g/mol. The van der Waals surface area contributed by atoms with Gasteiger partial charge in [0.05, 0.1) is 13.4 Å². The number of benzene rings is 2. The van der Waals surface area contributed by atoms with Gasteiger partial charge in [0.15, 0.2) is 0 Å². The number of furan rings is 1. The van der Waals surface area contributed by atoms with Gasteiger partial charge in [0.2, 0.25) is 5.91 Å². The Hall–Kier alpha value is -3.05. The Bertz CT molecular complexity index is 1130. The zero-order valence-corrected chi connectivity index (χ0v) is 21.4. The number of ether oxygens (including phenoxy) is 1. The number of nitrogens with one attached hydrogen (secondary N) is 1. The number of carbonyl (C=O) groups excluding carboxylic acids is 1. The van der Waals surface area contributed by atoms with Crippen molar-refractivity contribution in [1.29, 1.82) is 0 Å². The van der Waals surface area contributed by atoms with E-state index in [1.807, 2.05) is 32.0 Å². The molecule has 3 aromatic rings. The molecule has 5 nitrogen and oxygen atoms in total. The summed E-state index contributed by atoms with van der Waals surface area (Å²) in [4.78, 5) is 15.2. The van der Waals surface area contributed by atoms with Crippen LogP contribution in [0, 0.1) is 6.92 Å². The maximum atomic E-state index is 12.8. The zero-order chi connectivity index (χ0) is 24.7. The lowest BCUT2D eigenvalue weighted by Gasteiger charge is -2.19. The predicted molar refractivity (Wildman–Crippen MR) is 141 cm³/mol. The van der Waals surface area contributed by atoms with Crippen LogP contribution in [-0.2, 0) is 4.79 Å². The maximum Gasteiger partial charge on any atom is 0.244 e. The third-order valence-electron chi connectivity index (χ3n) is 6.50. The fraction of sp³-hybridized carbons (Fsp3) is 0.414. The Morgan fingerprint density at radius 3 is 2.56 bits per heavy atom. The minimum Gasteiger partial charge on any atom is -0.496 e. The number of fused-ring (bicyclic) bond motifs is 1. The van der Waals surface area contributed by atoms with Crippen molar-refractivity contribution in [1.82, 2.24) is 10.2 Å². The molecule has 0 aliphatic heterocycles. The topological polar surface area (TPSA) is 54.7 Å². The van der Waals surface area contributed by atoms with Crippen LogP contribution in [0.5, 0.6) is 5.75 Å². The summed E-state index contributed by atoms with van der Waals surface area (Å²) in [6.45, 7) is 13.6. The predicted octanol–water partition coefficient (Wildman–Crippen LogP) is 6.45. The quantitative estimate of drug-likeness (QED) is 0.333. The Labute approximate surface area is 203 Å². The smallest absolute Gasteiger partial charge is 0.244 e. The van der Waals surface area contributed by atoms with E-state index in [-0.39, 0.29) is 11.9 Å². The van der Waals surface area contributed by atoms with Crippen LogP contribution >= 0.6 is 0 Å². The Balaban J connectivity index is 1.82. The average Bonchev–Trinajstić information content (AvgIpc) is 3.26. The minimum atomic E-state index is -0.0804. The van der Waals surface area contributed by atoms with Gasteiger partial charge in [-0.25, -0.2) is 0 Å². The summed E-state index contributed by atoms with van der Waals surface area (Å²) < 4.78 is 11.7. The number of hydrogen-bond acceptors (Lipinski definition) is 4. The van der Waals surface area contributed by atoms with E-state index in [2.05, 4.69) is 49.2 Å². The molecular formula is C29H38N2O3. The van der Waals surface area contributed by atoms with Gasteiger partial charge in [-0.15, -0.1) is 0 Å². The second kappa shape index (κ2) is 11.9. The van der Waals surface area contributed by atoms with Crippen molar-refractivity contribution < 1.29 is 13.9 Å². The van der Waals surface area contributed by atoms with Gasteiger partial charge in [0, 0.05) is 34.2 Å². The number of hydrogen-bond donors (Lipinski definition) is 1. The first-order valence-corrected chi connectivity index (χ1v) is 12.2. The van der Waals surface area contributed by atoms with E-state index in [9.17, 15) is 4.79 Å². The molecule has 1 unspecified atom stereocenters. The molecule has 0 aliphatic carbocycles. The molecule has 0 saturated carbocycles. The van der Waals surface area contributed by atoms with Crippen molar-refractivity contribution in [3.05, 3.63) is 59.9 Å². The highest BCUT2D eigenvalue weighted by Crippen LogP contribution is 2.40. The molecule has 5 heteroatoms. The number of carbonyl (C=O) groups is 1. The van der Waals surface area contributed by atoms with Gasteiger partial charge in [-0.3, -0.25) is 4.79 Å². The Morgan fingerprint density at radius 2 is 1.91 bits per heavy atom. The molecular weight excluding hydrogens is 424 g/mol. The lowest BCUT2D eigenvalue weighted by Crippen LogP contribution is -2.32. The highest BCUT2D eigenvalue weighted by atomic mass is 16.5. The molecule has 2 aromatic carbocycles. The average molecular weight is 463 g/mol. The van der Waals surface area contributed by atoms with Crippen LogP contribution in [0.15, 0.2) is 53.2 Å². The Morgan fingerprint density at radius 1 is 1.21 bits per heavy atom. The van der Waals surface area contributed by atoms with E-state index in [0.717, 1.165) is 77.0 Å². The lowest BCUT2D eigenvalue weighted by atomic mass is 9.96. The lowest BCUT2D eigenvalue weighted by molar-refractivity contribution is -0.117. The van der Waals surface area contributed by atoms with Gasteiger partial charge in [0.1, 0.15) is 11.3 Å². The molecule has 0 aliphatic rings. The van der Waals surface area contributed by atoms with Crippen LogP contribution < -0.4 is 10.1 Å². The molecule has 182 valence electrons. The van der Waals surface area contributed by atoms with Crippen molar-refractivity contribution in [2.45, 2.75) is 53.5 Å². The molecule has 0 bridgehead atoms. The van der Waals surface area contributed by atoms with Gasteiger partial charge in [-0.05, 0) is 70.5 Å². The standard InChI is InChI=1S/C29H38N2O3/c1-7-31(8-2)16-12-13-21(4)30-27(32)17-20(3)24-18-25-26(23-14-10-9-11-15-23)19-34-29(25)22(5)28(24)33-6/h9-11,14-15,17-19,21H,7-8,12-13,16H2,1-6H3,(H,30,32)/b20-17+. The number of methoxy groups -OCH3 is 1. The normalized spacial score (nSPS) is 12.9. The fourth-order valence-corrected chi connectivity index (χ4v) is 4.51. The largest absolute Gasteiger partial charge is 0.496 e. The molecule has 1 heterocycles. The number of rotatable bonds is 11. The molecule has 0 spiro atoms. The van der Waals surface area contributed by atoms with Crippen molar-refractivity contribution in [3.8, 4) is 16.9 Å². The van der Waals surface area contributed by atoms with Crippen molar-refractivity contribution >= 4 is 22.4 Å². The van der Waals surface area contributed by atoms with Gasteiger partial charge in [0.25, 0.3) is 0 Å². The summed E-state index contributed by atoms with van der Waals surface area (Å²) in [6.07, 6.45) is 5.49. The summed E-state index contributed by atoms with van der Waals surface area (Å²) >= 11 is 0. The van der Waals surface area contributed by atoms with Gasteiger partial charge in [-0.1, -0.05) is 44.2 Å². The van der Waals surface area contributed by atoms with E-state index in [4.69, 9.17) is 9.15 Å². The van der Waals surface area contributed by atoms with E-state index in [0.29, 0.717) is 0 Å². The van der Waals surface area contributed by atoms with Crippen LogP contribution in [-0.4, -0.2) is 43.6 Å². The molecule has 34 heavy (non-hydrogen) atoms. The van der Waals surface area contributed by atoms with Crippen molar-refractivity contribution in [3.63, 3.8) is 0 Å². The van der Waals surface area contributed by atoms with Crippen LogP contribution in [0.1, 0.15) is 51.7 Å². The second-order valence-electron chi connectivity index (χ2n) is 8.88. The summed E-state index contributed by atoms with van der Waals surface area (Å²) in [5.41, 5.74) is 5.61. The van der Waals surface area contributed by atoms with Crippen LogP contribution in [0.25, 0.3) is 27.7 Å². The highest BCUT2D eigenvalue weighted by molar-refractivity contribution is 6.01. The van der Waals surface area contributed by atoms with Gasteiger partial charge >= 0.3 is 0 Å². The van der Waals surface area contributed by atoms with Crippen LogP contribution in [0.4, 0.5) is 0 Å². The first kappa shape index (κ1) is 25.6. The summed E-state index contributed by atoms with van der Waals surface area (Å²) in [5.74, 6) is 0.651. The molecule has 1 amide bonds. The maximum absolute atomic E-state index is 12.8.